The zero-order valence-electron chi connectivity index (χ0n) is 19.1. The third-order valence-corrected chi connectivity index (χ3v) is 5.66. The van der Waals surface area contributed by atoms with E-state index in [1.807, 2.05) is 52.0 Å². The van der Waals surface area contributed by atoms with Crippen molar-refractivity contribution in [3.05, 3.63) is 70.3 Å². The molecule has 0 aliphatic heterocycles. The predicted octanol–water partition coefficient (Wildman–Crippen LogP) is 4.88. The number of hydrogen-bond acceptors (Lipinski definition) is 2. The van der Waals surface area contributed by atoms with Gasteiger partial charge < -0.3 is 10.2 Å². The van der Waals surface area contributed by atoms with Crippen LogP contribution in [0.15, 0.2) is 42.5 Å². The smallest absolute Gasteiger partial charge is 0.242 e. The van der Waals surface area contributed by atoms with Crippen LogP contribution in [0.25, 0.3) is 0 Å². The van der Waals surface area contributed by atoms with Crippen molar-refractivity contribution in [1.82, 2.24) is 10.2 Å². The Bertz CT molecular complexity index is 860. The SMILES string of the molecule is CCCCNC(=O)[C@H](CC)N(Cc1ccccc1C)C(=O)Cc1cc(C)ccc1C. The number of carbonyl (C=O) groups excluding carboxylic acids is 2. The Morgan fingerprint density at radius 2 is 1.67 bits per heavy atom. The van der Waals surface area contributed by atoms with E-state index in [2.05, 4.69) is 30.4 Å². The molecule has 0 aromatic heterocycles. The highest BCUT2D eigenvalue weighted by molar-refractivity contribution is 5.88. The van der Waals surface area contributed by atoms with Crippen LogP contribution < -0.4 is 5.32 Å². The number of benzene rings is 2. The predicted molar refractivity (Wildman–Crippen MR) is 123 cm³/mol. The van der Waals surface area contributed by atoms with Crippen LogP contribution >= 0.6 is 0 Å². The van der Waals surface area contributed by atoms with Gasteiger partial charge in [-0.25, -0.2) is 0 Å². The topological polar surface area (TPSA) is 49.4 Å². The fourth-order valence-corrected chi connectivity index (χ4v) is 3.65. The second kappa shape index (κ2) is 11.5. The largest absolute Gasteiger partial charge is 0.354 e. The molecule has 30 heavy (non-hydrogen) atoms. The number of hydrogen-bond donors (Lipinski definition) is 1. The maximum atomic E-state index is 13.5. The summed E-state index contributed by atoms with van der Waals surface area (Å²) in [7, 11) is 0. The van der Waals surface area contributed by atoms with E-state index in [9.17, 15) is 9.59 Å². The summed E-state index contributed by atoms with van der Waals surface area (Å²) in [6, 6.07) is 13.8. The van der Waals surface area contributed by atoms with Crippen LogP contribution in [0.3, 0.4) is 0 Å². The van der Waals surface area contributed by atoms with Gasteiger partial charge in [0.05, 0.1) is 6.42 Å². The molecule has 0 aliphatic rings. The molecule has 2 amide bonds. The minimum atomic E-state index is -0.473. The lowest BCUT2D eigenvalue weighted by Gasteiger charge is -2.31. The Morgan fingerprint density at radius 1 is 0.967 bits per heavy atom. The fraction of sp³-hybridized carbons (Fsp3) is 0.462. The summed E-state index contributed by atoms with van der Waals surface area (Å²) in [5.74, 6) is -0.0710. The Balaban J connectivity index is 2.31. The molecule has 2 rings (SSSR count). The Morgan fingerprint density at radius 3 is 2.33 bits per heavy atom. The van der Waals surface area contributed by atoms with Gasteiger partial charge in [-0.3, -0.25) is 9.59 Å². The second-order valence-corrected chi connectivity index (χ2v) is 8.12. The molecular formula is C26H36N2O2. The van der Waals surface area contributed by atoms with Crippen LogP contribution in [-0.4, -0.2) is 29.3 Å². The first-order chi connectivity index (χ1) is 14.4. The molecule has 1 N–H and O–H groups in total. The van der Waals surface area contributed by atoms with Crippen molar-refractivity contribution in [2.75, 3.05) is 6.54 Å². The summed E-state index contributed by atoms with van der Waals surface area (Å²) in [5, 5.41) is 3.02. The van der Waals surface area contributed by atoms with Crippen LogP contribution in [0.2, 0.25) is 0 Å². The van der Waals surface area contributed by atoms with Crippen LogP contribution in [0, 0.1) is 20.8 Å². The molecule has 0 unspecified atom stereocenters. The van der Waals surface area contributed by atoms with E-state index in [4.69, 9.17) is 0 Å². The van der Waals surface area contributed by atoms with Gasteiger partial charge in [0.1, 0.15) is 6.04 Å². The second-order valence-electron chi connectivity index (χ2n) is 8.12. The molecule has 0 radical (unpaired) electrons. The summed E-state index contributed by atoms with van der Waals surface area (Å²) in [4.78, 5) is 28.2. The average Bonchev–Trinajstić information content (AvgIpc) is 2.72. The number of aryl methyl sites for hydroxylation is 3. The molecule has 0 saturated heterocycles. The number of unbranched alkanes of at least 4 members (excludes halogenated alkanes) is 1. The monoisotopic (exact) mass is 408 g/mol. The Kier molecular flexibility index (Phi) is 9.10. The van der Waals surface area contributed by atoms with Gasteiger partial charge in [-0.2, -0.15) is 0 Å². The molecule has 0 fully saturated rings. The van der Waals surface area contributed by atoms with Gasteiger partial charge in [0, 0.05) is 13.1 Å². The zero-order valence-corrected chi connectivity index (χ0v) is 19.1. The van der Waals surface area contributed by atoms with Crippen LogP contribution in [0.5, 0.6) is 0 Å². The van der Waals surface area contributed by atoms with Gasteiger partial charge >= 0.3 is 0 Å². The maximum Gasteiger partial charge on any atom is 0.242 e. The molecule has 1 atom stereocenters. The normalized spacial score (nSPS) is 11.8. The van der Waals surface area contributed by atoms with E-state index in [0.717, 1.165) is 40.7 Å². The van der Waals surface area contributed by atoms with Crippen molar-refractivity contribution in [1.29, 1.82) is 0 Å². The van der Waals surface area contributed by atoms with Gasteiger partial charge in [-0.15, -0.1) is 0 Å². The first kappa shape index (κ1) is 23.7. The van der Waals surface area contributed by atoms with Crippen molar-refractivity contribution in [2.45, 2.75) is 72.9 Å². The molecule has 0 aliphatic carbocycles. The number of rotatable bonds is 10. The number of nitrogens with one attached hydrogen (secondary N) is 1. The number of amides is 2. The van der Waals surface area contributed by atoms with Crippen LogP contribution in [0.1, 0.15) is 60.9 Å². The molecular weight excluding hydrogens is 372 g/mol. The van der Waals surface area contributed by atoms with E-state index in [1.54, 1.807) is 4.90 Å². The van der Waals surface area contributed by atoms with E-state index < -0.39 is 6.04 Å². The minimum absolute atomic E-state index is 0.00977. The van der Waals surface area contributed by atoms with Gasteiger partial charge in [-0.05, 0) is 55.9 Å². The standard InChI is InChI=1S/C26H36N2O2/c1-6-8-15-27-26(30)24(7-2)28(18-22-12-10-9-11-20(22)4)25(29)17-23-16-19(3)13-14-21(23)5/h9-14,16,24H,6-8,15,17-18H2,1-5H3,(H,27,30)/t24-/m0/s1. The maximum absolute atomic E-state index is 13.5. The highest BCUT2D eigenvalue weighted by Crippen LogP contribution is 2.19. The van der Waals surface area contributed by atoms with Crippen LogP contribution in [0.4, 0.5) is 0 Å². The molecule has 4 nitrogen and oxygen atoms in total. The van der Waals surface area contributed by atoms with Crippen molar-refractivity contribution in [2.24, 2.45) is 0 Å². The third kappa shape index (κ3) is 6.45. The molecule has 162 valence electrons. The van der Waals surface area contributed by atoms with Gasteiger partial charge in [0.25, 0.3) is 0 Å². The molecule has 0 heterocycles. The summed E-state index contributed by atoms with van der Waals surface area (Å²) in [5.41, 5.74) is 5.47. The van der Waals surface area contributed by atoms with Crippen molar-refractivity contribution < 1.29 is 9.59 Å². The van der Waals surface area contributed by atoms with Gasteiger partial charge in [0.2, 0.25) is 11.8 Å². The number of carbonyl (C=O) groups is 2. The molecule has 0 spiro atoms. The molecule has 0 bridgehead atoms. The molecule has 4 heteroatoms. The quantitative estimate of drug-likeness (QED) is 0.570. The number of nitrogens with zero attached hydrogens (tertiary/aromatic N) is 1. The molecule has 2 aromatic carbocycles. The van der Waals surface area contributed by atoms with E-state index >= 15 is 0 Å². The van der Waals surface area contributed by atoms with Crippen LogP contribution in [-0.2, 0) is 22.6 Å². The Hall–Kier alpha value is -2.62. The summed E-state index contributed by atoms with van der Waals surface area (Å²) in [6.45, 7) is 11.3. The van der Waals surface area contributed by atoms with Crippen molar-refractivity contribution >= 4 is 11.8 Å². The lowest BCUT2D eigenvalue weighted by molar-refractivity contribution is -0.141. The van der Waals surface area contributed by atoms with Gasteiger partial charge in [0.15, 0.2) is 0 Å². The first-order valence-corrected chi connectivity index (χ1v) is 11.0. The van der Waals surface area contributed by atoms with E-state index in [1.165, 1.54) is 0 Å². The third-order valence-electron chi connectivity index (χ3n) is 5.66. The lowest BCUT2D eigenvalue weighted by atomic mass is 10.0. The minimum Gasteiger partial charge on any atom is -0.354 e. The summed E-state index contributed by atoms with van der Waals surface area (Å²) >= 11 is 0. The molecule has 2 aromatic rings. The highest BCUT2D eigenvalue weighted by atomic mass is 16.2. The highest BCUT2D eigenvalue weighted by Gasteiger charge is 2.29. The molecule has 0 saturated carbocycles. The summed E-state index contributed by atoms with van der Waals surface area (Å²) < 4.78 is 0. The van der Waals surface area contributed by atoms with Crippen molar-refractivity contribution in [3.63, 3.8) is 0 Å². The average molecular weight is 409 g/mol. The summed E-state index contributed by atoms with van der Waals surface area (Å²) in [6.07, 6.45) is 2.85. The zero-order chi connectivity index (χ0) is 22.1. The first-order valence-electron chi connectivity index (χ1n) is 11.0. The fourth-order valence-electron chi connectivity index (χ4n) is 3.65. The van der Waals surface area contributed by atoms with Crippen molar-refractivity contribution in [3.8, 4) is 0 Å². The van der Waals surface area contributed by atoms with Gasteiger partial charge in [-0.1, -0.05) is 68.3 Å². The lowest BCUT2D eigenvalue weighted by Crippen LogP contribution is -2.49. The van der Waals surface area contributed by atoms with E-state index in [-0.39, 0.29) is 11.8 Å². The van der Waals surface area contributed by atoms with E-state index in [0.29, 0.717) is 25.9 Å². The Labute approximate surface area is 181 Å².